The molecule has 0 radical (unpaired) electrons. The van der Waals surface area contributed by atoms with Gasteiger partial charge in [-0.25, -0.2) is 0 Å². The topological polar surface area (TPSA) is 0 Å². The molecule has 0 bridgehead atoms. The van der Waals surface area contributed by atoms with Gasteiger partial charge < -0.3 is 0 Å². The summed E-state index contributed by atoms with van der Waals surface area (Å²) < 4.78 is 14.7. The maximum absolute atomic E-state index is 2.19. The van der Waals surface area contributed by atoms with E-state index in [-0.39, 0.29) is 0 Å². The third kappa shape index (κ3) is 3.80. The van der Waals surface area contributed by atoms with Crippen molar-refractivity contribution < 1.29 is 0 Å². The van der Waals surface area contributed by atoms with E-state index in [0.717, 1.165) is 0 Å². The van der Waals surface area contributed by atoms with Crippen LogP contribution in [-0.4, -0.2) is 12.5 Å². The fourth-order valence-corrected chi connectivity index (χ4v) is 19.2. The fourth-order valence-electron chi connectivity index (χ4n) is 2.04. The summed E-state index contributed by atoms with van der Waals surface area (Å²) in [5.41, 5.74) is 0. The molecule has 0 N–H and O–H groups in total. The van der Waals surface area contributed by atoms with E-state index in [4.69, 9.17) is 0 Å². The second-order valence-electron chi connectivity index (χ2n) is 4.61. The van der Waals surface area contributed by atoms with Gasteiger partial charge in [0.05, 0.1) is 16.9 Å². The Morgan fingerprint density at radius 3 is 1.35 bits per heavy atom. The van der Waals surface area contributed by atoms with Crippen molar-refractivity contribution in [1.82, 2.24) is 0 Å². The van der Waals surface area contributed by atoms with Crippen LogP contribution >= 0.6 is 139 Å². The molecule has 0 aromatic heterocycles. The summed E-state index contributed by atoms with van der Waals surface area (Å²) in [7, 11) is 0. The van der Waals surface area contributed by atoms with Gasteiger partial charge in [-0.2, -0.15) is 0 Å². The van der Waals surface area contributed by atoms with Gasteiger partial charge in [0.2, 0.25) is 0 Å². The van der Waals surface area contributed by atoms with Crippen LogP contribution in [0, 0.1) is 15.4 Å². The largest absolute Gasteiger partial charge is 0.121 e. The fraction of sp³-hybridized carbons (Fsp3) is 0.143. The first kappa shape index (κ1) is 19.8. The van der Waals surface area contributed by atoms with E-state index < -0.39 is 0 Å². The van der Waals surface area contributed by atoms with E-state index in [9.17, 15) is 0 Å². The number of hydrogen-bond acceptors (Lipinski definition) is 12. The average molecular weight is 561 g/mol. The molecule has 0 amide bonds. The van der Waals surface area contributed by atoms with Gasteiger partial charge in [-0.1, -0.05) is 47.0 Å². The van der Waals surface area contributed by atoms with E-state index in [1.54, 1.807) is 0 Å². The van der Waals surface area contributed by atoms with Crippen molar-refractivity contribution in [2.75, 3.05) is 12.5 Å². The number of hydrogen-bond donors (Lipinski definition) is 0. The Kier molecular flexibility index (Phi) is 6.50. The monoisotopic (exact) mass is 560 g/mol. The van der Waals surface area contributed by atoms with Gasteiger partial charge in [-0.3, -0.25) is 0 Å². The summed E-state index contributed by atoms with van der Waals surface area (Å²) in [6, 6.07) is 0. The minimum absolute atomic E-state index is 1.44. The molecule has 136 valence electrons. The van der Waals surface area contributed by atoms with Gasteiger partial charge >= 0.3 is 0 Å². The Hall–Kier alpha value is 1.86. The highest BCUT2D eigenvalue weighted by atomic mass is 32.3. The normalized spacial score (nSPS) is 17.6. The van der Waals surface area contributed by atoms with Gasteiger partial charge in [0.1, 0.15) is 23.1 Å². The van der Waals surface area contributed by atoms with Gasteiger partial charge in [0, 0.05) is 0 Å². The predicted molar refractivity (Wildman–Crippen MR) is 142 cm³/mol. The minimum Gasteiger partial charge on any atom is -0.121 e. The highest BCUT2D eigenvalue weighted by Crippen LogP contribution is 2.57. The molecule has 0 saturated carbocycles. The van der Waals surface area contributed by atoms with Crippen molar-refractivity contribution in [3.8, 4) is 0 Å². The Labute approximate surface area is 199 Å². The summed E-state index contributed by atoms with van der Waals surface area (Å²) in [5, 5.41) is 4.37. The lowest BCUT2D eigenvalue weighted by Gasteiger charge is -1.94. The van der Waals surface area contributed by atoms with Gasteiger partial charge in [0.15, 0.2) is 0 Å². The number of thioether (sulfide) groups is 6. The summed E-state index contributed by atoms with van der Waals surface area (Å²) in [5.74, 6) is 0. The summed E-state index contributed by atoms with van der Waals surface area (Å²) >= 11 is 23.2. The zero-order chi connectivity index (χ0) is 17.7. The van der Waals surface area contributed by atoms with Crippen LogP contribution < -0.4 is 7.69 Å². The molecular weight excluding hydrogens is 553 g/mol. The van der Waals surface area contributed by atoms with Crippen molar-refractivity contribution in [2.45, 2.75) is 0 Å². The van der Waals surface area contributed by atoms with Crippen molar-refractivity contribution in [1.29, 1.82) is 0 Å². The minimum atomic E-state index is 1.44. The third-order valence-electron chi connectivity index (χ3n) is 3.09. The Morgan fingerprint density at radius 2 is 0.923 bits per heavy atom. The van der Waals surface area contributed by atoms with Gasteiger partial charge in [-0.05, 0) is 23.3 Å². The number of rotatable bonds is 2. The average Bonchev–Trinajstić information content (AvgIpc) is 3.43. The molecule has 5 aliphatic heterocycles. The first-order chi connectivity index (χ1) is 12.7. The molecule has 0 aromatic rings. The van der Waals surface area contributed by atoms with E-state index in [0.29, 0.717) is 0 Å². The standard InChI is InChI=1S/C14H8S12/c1-15-5-6(16-2)20-9(19-5)10-23-13-14(24-10)26-12-11(25-13)21-8(22-12)7-17-3-4-18-7/h3-4H,1-2H3. The van der Waals surface area contributed by atoms with Crippen LogP contribution in [0.4, 0.5) is 0 Å². The SMILES string of the molecule is CSC1=C(SC)SC(=c2sc3sc4sc(=C5SC=CS5)sc=4sc=3s2)S1. The van der Waals surface area contributed by atoms with Crippen molar-refractivity contribution in [3.05, 3.63) is 42.4 Å². The maximum atomic E-state index is 2.19. The lowest BCUT2D eigenvalue weighted by molar-refractivity contribution is 2.10. The van der Waals surface area contributed by atoms with Crippen molar-refractivity contribution in [3.63, 3.8) is 0 Å². The molecule has 0 spiro atoms. The Morgan fingerprint density at radius 1 is 0.538 bits per heavy atom. The van der Waals surface area contributed by atoms with Gasteiger partial charge in [0.25, 0.3) is 0 Å². The summed E-state index contributed by atoms with van der Waals surface area (Å²) in [6.07, 6.45) is 4.37. The maximum Gasteiger partial charge on any atom is 0.110 e. The van der Waals surface area contributed by atoms with Gasteiger partial charge in [-0.15, -0.1) is 91.5 Å². The molecule has 26 heavy (non-hydrogen) atoms. The quantitative estimate of drug-likeness (QED) is 0.309. The molecule has 0 aliphatic carbocycles. The Balaban J connectivity index is 1.62. The first-order valence-corrected chi connectivity index (χ1v) is 17.7. The van der Waals surface area contributed by atoms with Crippen LogP contribution in [0.1, 0.15) is 0 Å². The molecule has 0 atom stereocenters. The molecule has 12 heteroatoms. The molecule has 0 nitrogen and oxygen atoms in total. The highest BCUT2D eigenvalue weighted by molar-refractivity contribution is 8.45. The molecule has 0 saturated heterocycles. The summed E-state index contributed by atoms with van der Waals surface area (Å²) in [4.78, 5) is 0. The van der Waals surface area contributed by atoms with Crippen molar-refractivity contribution in [2.24, 2.45) is 0 Å². The van der Waals surface area contributed by atoms with Crippen LogP contribution in [0.15, 0.2) is 19.3 Å². The highest BCUT2D eigenvalue weighted by Gasteiger charge is 2.21. The van der Waals surface area contributed by atoms with Crippen LogP contribution in [0.25, 0.3) is 8.47 Å². The van der Waals surface area contributed by atoms with E-state index in [1.807, 2.05) is 139 Å². The first-order valence-electron chi connectivity index (χ1n) is 6.95. The molecular formula is C14H8S12. The molecule has 0 unspecified atom stereocenters. The zero-order valence-corrected chi connectivity index (χ0v) is 22.9. The van der Waals surface area contributed by atoms with Crippen LogP contribution in [-0.2, 0) is 0 Å². The van der Waals surface area contributed by atoms with Crippen molar-refractivity contribution >= 4 is 147 Å². The van der Waals surface area contributed by atoms with Crippen LogP contribution in [0.2, 0.25) is 0 Å². The molecule has 5 heterocycles. The molecule has 5 aliphatic rings. The lowest BCUT2D eigenvalue weighted by Crippen LogP contribution is -1.86. The molecule has 0 fully saturated rings. The van der Waals surface area contributed by atoms with Crippen LogP contribution in [0.5, 0.6) is 0 Å². The van der Waals surface area contributed by atoms with E-state index >= 15 is 0 Å². The molecule has 0 aromatic carbocycles. The zero-order valence-electron chi connectivity index (χ0n) is 13.1. The van der Waals surface area contributed by atoms with E-state index in [1.165, 1.54) is 40.0 Å². The lowest BCUT2D eigenvalue weighted by atomic mass is 11.2. The summed E-state index contributed by atoms with van der Waals surface area (Å²) in [6.45, 7) is 0. The molecule has 5 rings (SSSR count). The smallest absolute Gasteiger partial charge is 0.110 e. The predicted octanol–water partition coefficient (Wildman–Crippen LogP) is 8.04. The Bertz CT molecular complexity index is 1220. The van der Waals surface area contributed by atoms with E-state index in [2.05, 4.69) is 23.3 Å². The van der Waals surface area contributed by atoms with Crippen LogP contribution in [0.3, 0.4) is 0 Å². The second-order valence-corrected chi connectivity index (χ2v) is 18.8. The third-order valence-corrected chi connectivity index (χ3v) is 20.2. The second kappa shape index (κ2) is 8.54.